The largest absolute Gasteiger partial charge is 0.458 e. The minimum atomic E-state index is -0.511. The average Bonchev–Trinajstić information content (AvgIpc) is 3.13. The molecular formula is C22H18O6. The minimum absolute atomic E-state index is 0.0189. The molecule has 0 unspecified atom stereocenters. The second-order valence-corrected chi connectivity index (χ2v) is 6.58. The number of hydrogen-bond donors (Lipinski definition) is 0. The third-order valence-corrected chi connectivity index (χ3v) is 4.62. The van der Waals surface area contributed by atoms with E-state index in [0.29, 0.717) is 22.6 Å². The SMILES string of the molecule is Cc1cc2oc(=O)cc(COC(=O)/C=C/c3ccc4c(c3)OCO4)c2cc1C. The van der Waals surface area contributed by atoms with Crippen molar-refractivity contribution >= 4 is 23.0 Å². The van der Waals surface area contributed by atoms with Crippen molar-refractivity contribution in [3.05, 3.63) is 75.1 Å². The minimum Gasteiger partial charge on any atom is -0.458 e. The summed E-state index contributed by atoms with van der Waals surface area (Å²) >= 11 is 0. The maximum Gasteiger partial charge on any atom is 0.336 e. The summed E-state index contributed by atoms with van der Waals surface area (Å²) < 4.78 is 21.1. The summed E-state index contributed by atoms with van der Waals surface area (Å²) in [6.07, 6.45) is 2.97. The molecule has 4 rings (SSSR count). The van der Waals surface area contributed by atoms with Crippen LogP contribution in [0.3, 0.4) is 0 Å². The molecule has 0 radical (unpaired) electrons. The van der Waals surface area contributed by atoms with Gasteiger partial charge in [-0.25, -0.2) is 9.59 Å². The van der Waals surface area contributed by atoms with Gasteiger partial charge in [-0.3, -0.25) is 0 Å². The van der Waals surface area contributed by atoms with E-state index >= 15 is 0 Å². The molecule has 3 aromatic rings. The first kappa shape index (κ1) is 17.9. The number of ether oxygens (including phenoxy) is 3. The summed E-state index contributed by atoms with van der Waals surface area (Å²) in [4.78, 5) is 23.9. The zero-order valence-corrected chi connectivity index (χ0v) is 15.5. The zero-order valence-electron chi connectivity index (χ0n) is 15.5. The van der Waals surface area contributed by atoms with Gasteiger partial charge in [0.05, 0.1) is 0 Å². The Kier molecular flexibility index (Phi) is 4.61. The smallest absolute Gasteiger partial charge is 0.336 e. The van der Waals surface area contributed by atoms with Crippen molar-refractivity contribution in [2.45, 2.75) is 20.5 Å². The number of carbonyl (C=O) groups is 1. The number of aryl methyl sites for hydroxylation is 2. The number of esters is 1. The highest BCUT2D eigenvalue weighted by Gasteiger charge is 2.13. The number of rotatable bonds is 4. The quantitative estimate of drug-likeness (QED) is 0.389. The van der Waals surface area contributed by atoms with E-state index in [9.17, 15) is 9.59 Å². The van der Waals surface area contributed by atoms with Gasteiger partial charge in [0.2, 0.25) is 6.79 Å². The fourth-order valence-electron chi connectivity index (χ4n) is 2.98. The summed E-state index contributed by atoms with van der Waals surface area (Å²) in [7, 11) is 0. The molecule has 0 N–H and O–H groups in total. The van der Waals surface area contributed by atoms with E-state index in [1.807, 2.05) is 32.0 Å². The van der Waals surface area contributed by atoms with Crippen LogP contribution in [0.2, 0.25) is 0 Å². The van der Waals surface area contributed by atoms with Gasteiger partial charge in [0, 0.05) is 23.1 Å². The Morgan fingerprint density at radius 1 is 1.07 bits per heavy atom. The molecule has 0 saturated heterocycles. The van der Waals surface area contributed by atoms with E-state index in [1.54, 1.807) is 18.2 Å². The Hall–Kier alpha value is -3.54. The first-order valence-electron chi connectivity index (χ1n) is 8.78. The Bertz CT molecular complexity index is 1160. The van der Waals surface area contributed by atoms with E-state index < -0.39 is 11.6 Å². The molecule has 0 spiro atoms. The van der Waals surface area contributed by atoms with E-state index in [1.165, 1.54) is 12.1 Å². The molecule has 6 nitrogen and oxygen atoms in total. The van der Waals surface area contributed by atoms with E-state index in [0.717, 1.165) is 22.1 Å². The number of benzene rings is 2. The Balaban J connectivity index is 1.49. The fourth-order valence-corrected chi connectivity index (χ4v) is 2.98. The summed E-state index contributed by atoms with van der Waals surface area (Å²) in [5, 5.41) is 0.759. The molecule has 2 heterocycles. The molecule has 2 aromatic carbocycles. The van der Waals surface area contributed by atoms with E-state index in [-0.39, 0.29) is 13.4 Å². The molecule has 142 valence electrons. The molecule has 1 aliphatic rings. The van der Waals surface area contributed by atoms with Crippen LogP contribution in [0.5, 0.6) is 11.5 Å². The Morgan fingerprint density at radius 3 is 2.71 bits per heavy atom. The fraction of sp³-hybridized carbons (Fsp3) is 0.182. The maximum absolute atomic E-state index is 12.1. The molecule has 6 heteroatoms. The van der Waals surface area contributed by atoms with Gasteiger partial charge in [-0.15, -0.1) is 0 Å². The lowest BCUT2D eigenvalue weighted by Gasteiger charge is -2.08. The highest BCUT2D eigenvalue weighted by Crippen LogP contribution is 2.32. The van der Waals surface area contributed by atoms with Gasteiger partial charge < -0.3 is 18.6 Å². The first-order valence-corrected chi connectivity index (χ1v) is 8.78. The second kappa shape index (κ2) is 7.23. The second-order valence-electron chi connectivity index (χ2n) is 6.58. The van der Waals surface area contributed by atoms with Crippen LogP contribution in [0.25, 0.3) is 17.0 Å². The first-order chi connectivity index (χ1) is 13.5. The van der Waals surface area contributed by atoms with Crippen LogP contribution >= 0.6 is 0 Å². The molecule has 1 aliphatic heterocycles. The van der Waals surface area contributed by atoms with Gasteiger partial charge in [-0.2, -0.15) is 0 Å². The Labute approximate surface area is 160 Å². The van der Waals surface area contributed by atoms with Gasteiger partial charge in [-0.05, 0) is 60.9 Å². The number of fused-ring (bicyclic) bond motifs is 2. The van der Waals surface area contributed by atoms with Crippen LogP contribution in [0.15, 0.2) is 51.7 Å². The molecule has 1 aromatic heterocycles. The van der Waals surface area contributed by atoms with Gasteiger partial charge in [0.15, 0.2) is 11.5 Å². The van der Waals surface area contributed by atoms with Crippen LogP contribution in [-0.4, -0.2) is 12.8 Å². The molecule has 0 aliphatic carbocycles. The lowest BCUT2D eigenvalue weighted by Crippen LogP contribution is -2.06. The van der Waals surface area contributed by atoms with Crippen LogP contribution in [0.4, 0.5) is 0 Å². The number of hydrogen-bond acceptors (Lipinski definition) is 6. The molecule has 28 heavy (non-hydrogen) atoms. The Morgan fingerprint density at radius 2 is 1.86 bits per heavy atom. The summed E-state index contributed by atoms with van der Waals surface area (Å²) in [6.45, 7) is 4.10. The van der Waals surface area contributed by atoms with Gasteiger partial charge in [0.25, 0.3) is 0 Å². The van der Waals surface area contributed by atoms with Crippen LogP contribution in [-0.2, 0) is 16.1 Å². The normalized spacial score (nSPS) is 12.6. The van der Waals surface area contributed by atoms with Gasteiger partial charge in [0.1, 0.15) is 12.2 Å². The van der Waals surface area contributed by atoms with E-state index in [2.05, 4.69) is 0 Å². The third kappa shape index (κ3) is 3.62. The van der Waals surface area contributed by atoms with Crippen molar-refractivity contribution in [1.82, 2.24) is 0 Å². The van der Waals surface area contributed by atoms with Crippen molar-refractivity contribution in [3.63, 3.8) is 0 Å². The molecule has 0 saturated carbocycles. The van der Waals surface area contributed by atoms with Crippen molar-refractivity contribution in [1.29, 1.82) is 0 Å². The topological polar surface area (TPSA) is 75.0 Å². The van der Waals surface area contributed by atoms with Gasteiger partial charge in [-0.1, -0.05) is 6.07 Å². The molecule has 0 amide bonds. The molecule has 0 atom stereocenters. The van der Waals surface area contributed by atoms with Crippen molar-refractivity contribution in [3.8, 4) is 11.5 Å². The van der Waals surface area contributed by atoms with Crippen LogP contribution in [0, 0.1) is 13.8 Å². The van der Waals surface area contributed by atoms with E-state index in [4.69, 9.17) is 18.6 Å². The lowest BCUT2D eigenvalue weighted by molar-refractivity contribution is -0.138. The van der Waals surface area contributed by atoms with Crippen molar-refractivity contribution in [2.24, 2.45) is 0 Å². The third-order valence-electron chi connectivity index (χ3n) is 4.62. The highest BCUT2D eigenvalue weighted by atomic mass is 16.7. The standard InChI is InChI=1S/C22H18O6/c1-13-7-17-16(10-22(24)28-19(17)8-14(13)2)11-25-21(23)6-4-15-3-5-18-20(9-15)27-12-26-18/h3-10H,11-12H2,1-2H3/b6-4+. The summed E-state index contributed by atoms with van der Waals surface area (Å²) in [6, 6.07) is 10.5. The average molecular weight is 378 g/mol. The zero-order chi connectivity index (χ0) is 19.7. The van der Waals surface area contributed by atoms with Crippen LogP contribution in [0.1, 0.15) is 22.3 Å². The monoisotopic (exact) mass is 378 g/mol. The highest BCUT2D eigenvalue weighted by molar-refractivity contribution is 5.87. The molecule has 0 bridgehead atoms. The summed E-state index contributed by atoms with van der Waals surface area (Å²) in [5.41, 5.74) is 3.50. The van der Waals surface area contributed by atoms with Gasteiger partial charge >= 0.3 is 11.6 Å². The maximum atomic E-state index is 12.1. The van der Waals surface area contributed by atoms with Crippen molar-refractivity contribution < 1.29 is 23.4 Å². The molecular weight excluding hydrogens is 360 g/mol. The predicted octanol–water partition coefficient (Wildman–Crippen LogP) is 3.90. The number of carbonyl (C=O) groups excluding carboxylic acids is 1. The molecule has 0 fully saturated rings. The van der Waals surface area contributed by atoms with Crippen molar-refractivity contribution in [2.75, 3.05) is 6.79 Å². The predicted molar refractivity (Wildman–Crippen MR) is 103 cm³/mol. The van der Waals surface area contributed by atoms with Crippen LogP contribution < -0.4 is 15.1 Å². The lowest BCUT2D eigenvalue weighted by atomic mass is 10.0. The summed E-state index contributed by atoms with van der Waals surface area (Å²) in [5.74, 6) is 0.812.